The molecule has 1 aromatic carbocycles. The summed E-state index contributed by atoms with van der Waals surface area (Å²) in [5, 5.41) is 5.09. The first-order chi connectivity index (χ1) is 10.4. The molecule has 0 amide bonds. The van der Waals surface area contributed by atoms with Crippen LogP contribution in [0.4, 0.5) is 0 Å². The predicted molar refractivity (Wildman–Crippen MR) is 89.4 cm³/mol. The molecule has 0 saturated heterocycles. The molecule has 3 rings (SSSR count). The zero-order valence-electron chi connectivity index (χ0n) is 13.0. The number of benzene rings is 1. The van der Waals surface area contributed by atoms with Gasteiger partial charge in [-0.2, -0.15) is 0 Å². The Kier molecular flexibility index (Phi) is 4.87. The molecule has 1 aliphatic rings. The molecule has 0 radical (unpaired) electrons. The van der Waals surface area contributed by atoms with Crippen molar-refractivity contribution in [3.05, 3.63) is 42.1 Å². The number of hydrogen-bond acceptors (Lipinski definition) is 2. The number of para-hydroxylation sites is 1. The SMILES string of the molecule is CCCNC(CC1CCCC1)c1ccnc2ccccc12. The Hall–Kier alpha value is -1.41. The van der Waals surface area contributed by atoms with Crippen LogP contribution < -0.4 is 5.32 Å². The average molecular weight is 282 g/mol. The molecule has 1 saturated carbocycles. The van der Waals surface area contributed by atoms with Crippen molar-refractivity contribution in [1.29, 1.82) is 0 Å². The fraction of sp³-hybridized carbons (Fsp3) is 0.526. The van der Waals surface area contributed by atoms with Crippen LogP contribution in [-0.2, 0) is 0 Å². The minimum atomic E-state index is 0.473. The quantitative estimate of drug-likeness (QED) is 0.818. The number of nitrogens with one attached hydrogen (secondary N) is 1. The minimum Gasteiger partial charge on any atom is -0.310 e. The third kappa shape index (κ3) is 3.44. The summed E-state index contributed by atoms with van der Waals surface area (Å²) in [5.41, 5.74) is 2.55. The van der Waals surface area contributed by atoms with Gasteiger partial charge in [-0.1, -0.05) is 50.8 Å². The van der Waals surface area contributed by atoms with Gasteiger partial charge in [0, 0.05) is 17.6 Å². The lowest BCUT2D eigenvalue weighted by Gasteiger charge is -2.23. The van der Waals surface area contributed by atoms with Gasteiger partial charge in [-0.05, 0) is 43.0 Å². The first-order valence-electron chi connectivity index (χ1n) is 8.45. The van der Waals surface area contributed by atoms with E-state index in [1.807, 2.05) is 6.20 Å². The van der Waals surface area contributed by atoms with E-state index in [1.165, 1.54) is 49.5 Å². The molecule has 2 heteroatoms. The first-order valence-corrected chi connectivity index (χ1v) is 8.45. The third-order valence-corrected chi connectivity index (χ3v) is 4.74. The van der Waals surface area contributed by atoms with Crippen molar-refractivity contribution in [2.75, 3.05) is 6.54 Å². The summed E-state index contributed by atoms with van der Waals surface area (Å²) in [5.74, 6) is 0.895. The van der Waals surface area contributed by atoms with Crippen LogP contribution in [0.2, 0.25) is 0 Å². The summed E-state index contributed by atoms with van der Waals surface area (Å²) >= 11 is 0. The van der Waals surface area contributed by atoms with Crippen molar-refractivity contribution in [2.24, 2.45) is 5.92 Å². The highest BCUT2D eigenvalue weighted by Crippen LogP contribution is 2.34. The van der Waals surface area contributed by atoms with Crippen LogP contribution in [0.5, 0.6) is 0 Å². The van der Waals surface area contributed by atoms with Crippen molar-refractivity contribution in [3.63, 3.8) is 0 Å². The Morgan fingerprint density at radius 3 is 2.81 bits per heavy atom. The van der Waals surface area contributed by atoms with Crippen molar-refractivity contribution < 1.29 is 0 Å². The molecule has 0 bridgehead atoms. The van der Waals surface area contributed by atoms with Crippen molar-refractivity contribution in [1.82, 2.24) is 10.3 Å². The Bertz CT molecular complexity index is 567. The molecule has 1 aliphatic carbocycles. The van der Waals surface area contributed by atoms with E-state index in [2.05, 4.69) is 47.6 Å². The zero-order chi connectivity index (χ0) is 14.5. The molecule has 0 aliphatic heterocycles. The number of fused-ring (bicyclic) bond motifs is 1. The number of pyridine rings is 1. The highest BCUT2D eigenvalue weighted by Gasteiger charge is 2.22. The maximum Gasteiger partial charge on any atom is 0.0705 e. The molecular formula is C19H26N2. The molecule has 1 heterocycles. The minimum absolute atomic E-state index is 0.473. The summed E-state index contributed by atoms with van der Waals surface area (Å²) in [4.78, 5) is 4.51. The van der Waals surface area contributed by atoms with Crippen LogP contribution >= 0.6 is 0 Å². The molecule has 112 valence electrons. The Morgan fingerprint density at radius 2 is 2.00 bits per heavy atom. The highest BCUT2D eigenvalue weighted by molar-refractivity contribution is 5.82. The summed E-state index contributed by atoms with van der Waals surface area (Å²) in [6, 6.07) is 11.2. The number of hydrogen-bond donors (Lipinski definition) is 1. The number of aromatic nitrogens is 1. The highest BCUT2D eigenvalue weighted by atomic mass is 14.9. The Labute approximate surface area is 128 Å². The molecule has 1 fully saturated rings. The van der Waals surface area contributed by atoms with Crippen LogP contribution in [0.25, 0.3) is 10.9 Å². The van der Waals surface area contributed by atoms with Gasteiger partial charge in [0.2, 0.25) is 0 Å². The second-order valence-corrected chi connectivity index (χ2v) is 6.31. The van der Waals surface area contributed by atoms with Gasteiger partial charge in [0.15, 0.2) is 0 Å². The summed E-state index contributed by atoms with van der Waals surface area (Å²) in [6.07, 6.45) is 10.1. The molecule has 0 spiro atoms. The second-order valence-electron chi connectivity index (χ2n) is 6.31. The number of rotatable bonds is 6. The van der Waals surface area contributed by atoms with Crippen LogP contribution in [0, 0.1) is 5.92 Å². The molecule has 1 unspecified atom stereocenters. The van der Waals surface area contributed by atoms with E-state index in [4.69, 9.17) is 0 Å². The van der Waals surface area contributed by atoms with Gasteiger partial charge in [-0.3, -0.25) is 4.98 Å². The summed E-state index contributed by atoms with van der Waals surface area (Å²) in [6.45, 7) is 3.33. The molecule has 2 nitrogen and oxygen atoms in total. The predicted octanol–water partition coefficient (Wildman–Crippen LogP) is 4.86. The van der Waals surface area contributed by atoms with Crippen molar-refractivity contribution in [3.8, 4) is 0 Å². The van der Waals surface area contributed by atoms with E-state index in [1.54, 1.807) is 0 Å². The van der Waals surface area contributed by atoms with Crippen LogP contribution in [0.3, 0.4) is 0 Å². The fourth-order valence-electron chi connectivity index (χ4n) is 3.64. The topological polar surface area (TPSA) is 24.9 Å². The van der Waals surface area contributed by atoms with E-state index in [-0.39, 0.29) is 0 Å². The van der Waals surface area contributed by atoms with Gasteiger partial charge in [-0.15, -0.1) is 0 Å². The van der Waals surface area contributed by atoms with Crippen LogP contribution in [0.15, 0.2) is 36.5 Å². The zero-order valence-corrected chi connectivity index (χ0v) is 13.0. The summed E-state index contributed by atoms with van der Waals surface area (Å²) in [7, 11) is 0. The molecular weight excluding hydrogens is 256 g/mol. The van der Waals surface area contributed by atoms with Crippen LogP contribution in [-0.4, -0.2) is 11.5 Å². The Balaban J connectivity index is 1.89. The van der Waals surface area contributed by atoms with E-state index in [9.17, 15) is 0 Å². The van der Waals surface area contributed by atoms with E-state index < -0.39 is 0 Å². The lowest BCUT2D eigenvalue weighted by molar-refractivity contribution is 0.396. The molecule has 2 aromatic rings. The molecule has 1 N–H and O–H groups in total. The lowest BCUT2D eigenvalue weighted by Crippen LogP contribution is -2.24. The molecule has 1 atom stereocenters. The van der Waals surface area contributed by atoms with Gasteiger partial charge in [0.05, 0.1) is 5.52 Å². The smallest absolute Gasteiger partial charge is 0.0705 e. The largest absolute Gasteiger partial charge is 0.310 e. The molecule has 21 heavy (non-hydrogen) atoms. The standard InChI is InChI=1S/C19H26N2/c1-2-12-20-19(14-15-7-3-4-8-15)17-11-13-21-18-10-6-5-9-16(17)18/h5-6,9-11,13,15,19-20H,2-4,7-8,12,14H2,1H3. The lowest BCUT2D eigenvalue weighted by atomic mass is 9.91. The van der Waals surface area contributed by atoms with Gasteiger partial charge >= 0.3 is 0 Å². The maximum absolute atomic E-state index is 4.51. The van der Waals surface area contributed by atoms with Crippen molar-refractivity contribution >= 4 is 10.9 Å². The van der Waals surface area contributed by atoms with Crippen molar-refractivity contribution in [2.45, 2.75) is 51.5 Å². The maximum atomic E-state index is 4.51. The number of nitrogens with zero attached hydrogens (tertiary/aromatic N) is 1. The van der Waals surface area contributed by atoms with Gasteiger partial charge in [-0.25, -0.2) is 0 Å². The normalized spacial score (nSPS) is 17.4. The Morgan fingerprint density at radius 1 is 1.19 bits per heavy atom. The van der Waals surface area contributed by atoms with Gasteiger partial charge in [0.1, 0.15) is 0 Å². The first kappa shape index (κ1) is 14.5. The second kappa shape index (κ2) is 7.04. The van der Waals surface area contributed by atoms with Crippen LogP contribution in [0.1, 0.15) is 57.1 Å². The monoisotopic (exact) mass is 282 g/mol. The van der Waals surface area contributed by atoms with Gasteiger partial charge in [0.25, 0.3) is 0 Å². The summed E-state index contributed by atoms with van der Waals surface area (Å²) < 4.78 is 0. The van der Waals surface area contributed by atoms with E-state index >= 15 is 0 Å². The van der Waals surface area contributed by atoms with E-state index in [0.717, 1.165) is 18.0 Å². The van der Waals surface area contributed by atoms with E-state index in [0.29, 0.717) is 6.04 Å². The van der Waals surface area contributed by atoms with Gasteiger partial charge < -0.3 is 5.32 Å². The third-order valence-electron chi connectivity index (χ3n) is 4.74. The fourth-order valence-corrected chi connectivity index (χ4v) is 3.64. The molecule has 1 aromatic heterocycles. The average Bonchev–Trinajstić information content (AvgIpc) is 3.04.